The second-order valence-electron chi connectivity index (χ2n) is 7.91. The van der Waals surface area contributed by atoms with Crippen LogP contribution in [0.15, 0.2) is 47.7 Å². The quantitative estimate of drug-likeness (QED) is 0.424. The Kier molecular flexibility index (Phi) is 8.90. The standard InChI is InChI=1S/C23H35N7O/c1-3-12-29-14-9-20(10-15-29)28-23(24-4-2)25-17-19-7-5-8-21(16-19)27-22(31)18-30-13-6-11-26-30/h5-8,11,13,16,20H,3-4,9-10,12,14-15,17-18H2,1-2H3,(H,27,31)(H2,24,25,28). The van der Waals surface area contributed by atoms with Crippen molar-refractivity contribution in [3.63, 3.8) is 0 Å². The summed E-state index contributed by atoms with van der Waals surface area (Å²) in [5.41, 5.74) is 1.82. The highest BCUT2D eigenvalue weighted by Crippen LogP contribution is 2.13. The van der Waals surface area contributed by atoms with Gasteiger partial charge in [0, 0.05) is 43.8 Å². The van der Waals surface area contributed by atoms with Crippen LogP contribution in [0.4, 0.5) is 5.69 Å². The highest BCUT2D eigenvalue weighted by molar-refractivity contribution is 5.90. The number of aliphatic imine (C=N–C) groups is 1. The zero-order valence-corrected chi connectivity index (χ0v) is 18.7. The molecule has 3 rings (SSSR count). The summed E-state index contributed by atoms with van der Waals surface area (Å²) in [4.78, 5) is 19.5. The number of carbonyl (C=O) groups excluding carboxylic acids is 1. The van der Waals surface area contributed by atoms with Crippen LogP contribution < -0.4 is 16.0 Å². The molecule has 0 bridgehead atoms. The van der Waals surface area contributed by atoms with Gasteiger partial charge in [0.1, 0.15) is 6.54 Å². The summed E-state index contributed by atoms with van der Waals surface area (Å²) in [6, 6.07) is 10.1. The van der Waals surface area contributed by atoms with Gasteiger partial charge in [-0.05, 0) is 56.5 Å². The van der Waals surface area contributed by atoms with E-state index in [0.29, 0.717) is 12.6 Å². The lowest BCUT2D eigenvalue weighted by Crippen LogP contribution is -2.48. The molecule has 2 heterocycles. The third-order valence-electron chi connectivity index (χ3n) is 5.31. The first-order chi connectivity index (χ1) is 15.2. The number of hydrogen-bond donors (Lipinski definition) is 3. The lowest BCUT2D eigenvalue weighted by atomic mass is 10.1. The summed E-state index contributed by atoms with van der Waals surface area (Å²) in [7, 11) is 0. The molecule has 0 atom stereocenters. The first-order valence-electron chi connectivity index (χ1n) is 11.3. The van der Waals surface area contributed by atoms with Crippen LogP contribution in [-0.4, -0.2) is 58.8 Å². The molecule has 0 aliphatic carbocycles. The number of amides is 1. The Morgan fingerprint density at radius 3 is 2.77 bits per heavy atom. The van der Waals surface area contributed by atoms with E-state index in [1.807, 2.05) is 24.3 Å². The number of anilines is 1. The molecule has 1 aliphatic heterocycles. The van der Waals surface area contributed by atoms with Crippen LogP contribution in [-0.2, 0) is 17.9 Å². The lowest BCUT2D eigenvalue weighted by Gasteiger charge is -2.32. The van der Waals surface area contributed by atoms with Gasteiger partial charge in [0.2, 0.25) is 5.91 Å². The minimum atomic E-state index is -0.103. The third-order valence-corrected chi connectivity index (χ3v) is 5.31. The summed E-state index contributed by atoms with van der Waals surface area (Å²) in [6.07, 6.45) is 6.93. The molecule has 3 N–H and O–H groups in total. The van der Waals surface area contributed by atoms with Crippen molar-refractivity contribution in [1.82, 2.24) is 25.3 Å². The summed E-state index contributed by atoms with van der Waals surface area (Å²) in [5.74, 6) is 0.748. The number of nitrogens with one attached hydrogen (secondary N) is 3. The molecule has 1 aromatic carbocycles. The Balaban J connectivity index is 1.53. The first-order valence-corrected chi connectivity index (χ1v) is 11.3. The maximum Gasteiger partial charge on any atom is 0.246 e. The number of likely N-dealkylation sites (tertiary alicyclic amines) is 1. The summed E-state index contributed by atoms with van der Waals surface area (Å²) < 4.78 is 1.60. The van der Waals surface area contributed by atoms with E-state index in [0.717, 1.165) is 49.7 Å². The van der Waals surface area contributed by atoms with Crippen LogP contribution in [0, 0.1) is 0 Å². The molecule has 1 saturated heterocycles. The van der Waals surface area contributed by atoms with Gasteiger partial charge in [-0.1, -0.05) is 19.1 Å². The van der Waals surface area contributed by atoms with E-state index in [1.54, 1.807) is 23.1 Å². The van der Waals surface area contributed by atoms with Crippen LogP contribution in [0.25, 0.3) is 0 Å². The van der Waals surface area contributed by atoms with Crippen LogP contribution in [0.2, 0.25) is 0 Å². The number of rotatable bonds is 9. The monoisotopic (exact) mass is 425 g/mol. The molecule has 0 saturated carbocycles. The van der Waals surface area contributed by atoms with Gasteiger partial charge in [-0.3, -0.25) is 9.48 Å². The number of aromatic nitrogens is 2. The maximum atomic E-state index is 12.2. The van der Waals surface area contributed by atoms with Gasteiger partial charge in [0.25, 0.3) is 0 Å². The van der Waals surface area contributed by atoms with Crippen molar-refractivity contribution in [2.24, 2.45) is 4.99 Å². The highest BCUT2D eigenvalue weighted by atomic mass is 16.2. The molecule has 1 amide bonds. The van der Waals surface area contributed by atoms with E-state index in [1.165, 1.54) is 13.0 Å². The van der Waals surface area contributed by atoms with Crippen molar-refractivity contribution < 1.29 is 4.79 Å². The molecule has 1 aliphatic rings. The lowest BCUT2D eigenvalue weighted by molar-refractivity contribution is -0.116. The molecule has 168 valence electrons. The van der Waals surface area contributed by atoms with E-state index in [2.05, 4.69) is 39.8 Å². The number of hydrogen-bond acceptors (Lipinski definition) is 4. The van der Waals surface area contributed by atoms with Gasteiger partial charge in [-0.15, -0.1) is 0 Å². The Bertz CT molecular complexity index is 826. The fourth-order valence-electron chi connectivity index (χ4n) is 3.79. The fourth-order valence-corrected chi connectivity index (χ4v) is 3.79. The van der Waals surface area contributed by atoms with Crippen LogP contribution in [0.3, 0.4) is 0 Å². The normalized spacial score (nSPS) is 15.6. The molecule has 8 heteroatoms. The summed E-state index contributed by atoms with van der Waals surface area (Å²) in [5, 5.41) is 13.9. The third kappa shape index (κ3) is 7.71. The van der Waals surface area contributed by atoms with Gasteiger partial charge in [0.05, 0.1) is 6.54 Å². The molecule has 8 nitrogen and oxygen atoms in total. The Morgan fingerprint density at radius 2 is 2.06 bits per heavy atom. The number of guanidine groups is 1. The van der Waals surface area contributed by atoms with E-state index < -0.39 is 0 Å². The Labute approximate surface area is 185 Å². The van der Waals surface area contributed by atoms with Crippen LogP contribution in [0.1, 0.15) is 38.7 Å². The Morgan fingerprint density at radius 1 is 1.23 bits per heavy atom. The van der Waals surface area contributed by atoms with E-state index in [9.17, 15) is 4.79 Å². The van der Waals surface area contributed by atoms with Crippen LogP contribution >= 0.6 is 0 Å². The summed E-state index contributed by atoms with van der Waals surface area (Å²) in [6.45, 7) is 9.36. The van der Waals surface area contributed by atoms with Crippen molar-refractivity contribution in [2.45, 2.75) is 52.2 Å². The molecule has 2 aromatic rings. The Hall–Kier alpha value is -2.87. The number of benzene rings is 1. The second-order valence-corrected chi connectivity index (χ2v) is 7.91. The van der Waals surface area contributed by atoms with Crippen LogP contribution in [0.5, 0.6) is 0 Å². The SMILES string of the molecule is CCCN1CCC(NC(=NCc2cccc(NC(=O)Cn3cccn3)c2)NCC)CC1. The van der Waals surface area contributed by atoms with Gasteiger partial charge in [-0.2, -0.15) is 5.10 Å². The maximum absolute atomic E-state index is 12.2. The topological polar surface area (TPSA) is 86.6 Å². The van der Waals surface area contributed by atoms with Gasteiger partial charge < -0.3 is 20.9 Å². The largest absolute Gasteiger partial charge is 0.357 e. The van der Waals surface area contributed by atoms with Crippen molar-refractivity contribution in [1.29, 1.82) is 0 Å². The van der Waals surface area contributed by atoms with Gasteiger partial charge >= 0.3 is 0 Å². The number of nitrogens with zero attached hydrogens (tertiary/aromatic N) is 4. The van der Waals surface area contributed by atoms with E-state index in [-0.39, 0.29) is 12.5 Å². The minimum absolute atomic E-state index is 0.103. The molecule has 1 aromatic heterocycles. The van der Waals surface area contributed by atoms with Crippen molar-refractivity contribution in [3.8, 4) is 0 Å². The predicted octanol–water partition coefficient (Wildman–Crippen LogP) is 2.45. The highest BCUT2D eigenvalue weighted by Gasteiger charge is 2.19. The molecule has 1 fully saturated rings. The van der Waals surface area contributed by atoms with E-state index >= 15 is 0 Å². The van der Waals surface area contributed by atoms with Crippen molar-refractivity contribution in [3.05, 3.63) is 48.3 Å². The smallest absolute Gasteiger partial charge is 0.246 e. The predicted molar refractivity (Wildman–Crippen MR) is 125 cm³/mol. The molecule has 0 radical (unpaired) electrons. The molecule has 0 spiro atoms. The zero-order valence-electron chi connectivity index (χ0n) is 18.7. The molecular weight excluding hydrogens is 390 g/mol. The molecular formula is C23H35N7O. The van der Waals surface area contributed by atoms with E-state index in [4.69, 9.17) is 4.99 Å². The average molecular weight is 426 g/mol. The number of carbonyl (C=O) groups is 1. The summed E-state index contributed by atoms with van der Waals surface area (Å²) >= 11 is 0. The second kappa shape index (κ2) is 12.1. The fraction of sp³-hybridized carbons (Fsp3) is 0.522. The number of piperidine rings is 1. The molecule has 31 heavy (non-hydrogen) atoms. The minimum Gasteiger partial charge on any atom is -0.357 e. The first kappa shape index (κ1) is 22.8. The zero-order chi connectivity index (χ0) is 21.9. The average Bonchev–Trinajstić information content (AvgIpc) is 3.27. The van der Waals surface area contributed by atoms with Gasteiger partial charge in [0.15, 0.2) is 5.96 Å². The van der Waals surface area contributed by atoms with Crippen molar-refractivity contribution >= 4 is 17.6 Å². The van der Waals surface area contributed by atoms with Gasteiger partial charge in [-0.25, -0.2) is 4.99 Å². The molecule has 0 unspecified atom stereocenters. The van der Waals surface area contributed by atoms with Crippen molar-refractivity contribution in [2.75, 3.05) is 31.5 Å².